The molecule has 0 saturated heterocycles. The number of nitrogens with zero attached hydrogens (tertiary/aromatic N) is 2. The third-order valence-corrected chi connectivity index (χ3v) is 4.16. The number of thiophene rings is 1. The maximum absolute atomic E-state index is 5.81. The van der Waals surface area contributed by atoms with E-state index in [1.165, 1.54) is 24.0 Å². The average molecular weight is 279 g/mol. The summed E-state index contributed by atoms with van der Waals surface area (Å²) in [6.07, 6.45) is 4.53. The average Bonchev–Trinajstić information content (AvgIpc) is 3.10. The van der Waals surface area contributed by atoms with Gasteiger partial charge in [0.25, 0.3) is 0 Å². The molecule has 0 atom stereocenters. The third kappa shape index (κ3) is 3.10. The van der Waals surface area contributed by atoms with Crippen LogP contribution in [0.15, 0.2) is 35.2 Å². The zero-order chi connectivity index (χ0) is 12.4. The van der Waals surface area contributed by atoms with Gasteiger partial charge in [-0.2, -0.15) is 11.3 Å². The fraction of sp³-hybridized carbons (Fsp3) is 0.357. The summed E-state index contributed by atoms with van der Waals surface area (Å²) < 4.78 is 0. The second-order valence-electron chi connectivity index (χ2n) is 4.76. The summed E-state index contributed by atoms with van der Waals surface area (Å²) in [6, 6.07) is 6.89. The lowest BCUT2D eigenvalue weighted by atomic mass is 10.2. The number of rotatable bonds is 5. The van der Waals surface area contributed by atoms with Crippen LogP contribution in [0.1, 0.15) is 24.0 Å². The van der Waals surface area contributed by atoms with Gasteiger partial charge in [-0.25, -0.2) is 4.98 Å². The van der Waals surface area contributed by atoms with Gasteiger partial charge < -0.3 is 0 Å². The van der Waals surface area contributed by atoms with Crippen molar-refractivity contribution in [3.05, 3.63) is 51.4 Å². The summed E-state index contributed by atoms with van der Waals surface area (Å²) in [7, 11) is 0. The first-order valence-corrected chi connectivity index (χ1v) is 7.49. The summed E-state index contributed by atoms with van der Waals surface area (Å²) in [4.78, 5) is 6.68. The summed E-state index contributed by atoms with van der Waals surface area (Å²) >= 11 is 7.58. The molecule has 1 aliphatic rings. The largest absolute Gasteiger partial charge is 0.292 e. The molecule has 18 heavy (non-hydrogen) atoms. The van der Waals surface area contributed by atoms with Crippen molar-refractivity contribution in [3.8, 4) is 0 Å². The Morgan fingerprint density at radius 2 is 2.06 bits per heavy atom. The summed E-state index contributed by atoms with van der Waals surface area (Å²) in [5.74, 6) is 0. The first-order chi connectivity index (χ1) is 8.81. The van der Waals surface area contributed by atoms with Gasteiger partial charge in [0.05, 0.1) is 0 Å². The lowest BCUT2D eigenvalue weighted by Gasteiger charge is -2.21. The Labute approximate surface area is 116 Å². The SMILES string of the molecule is Clc1ccc(CN(Cc2ccsc2)C2CC2)cn1. The van der Waals surface area contributed by atoms with Crippen LogP contribution in [0.3, 0.4) is 0 Å². The number of hydrogen-bond donors (Lipinski definition) is 0. The maximum atomic E-state index is 5.81. The molecular weight excluding hydrogens is 264 g/mol. The molecular formula is C14H15ClN2S. The van der Waals surface area contributed by atoms with E-state index >= 15 is 0 Å². The molecule has 0 spiro atoms. The van der Waals surface area contributed by atoms with E-state index in [0.717, 1.165) is 19.1 Å². The van der Waals surface area contributed by atoms with Gasteiger partial charge in [-0.05, 0) is 46.9 Å². The number of hydrogen-bond acceptors (Lipinski definition) is 3. The number of halogens is 1. The Bertz CT molecular complexity index is 491. The summed E-state index contributed by atoms with van der Waals surface area (Å²) in [5, 5.41) is 4.94. The highest BCUT2D eigenvalue weighted by atomic mass is 35.5. The van der Waals surface area contributed by atoms with Gasteiger partial charge in [-0.3, -0.25) is 4.90 Å². The van der Waals surface area contributed by atoms with Crippen LogP contribution >= 0.6 is 22.9 Å². The molecule has 0 bridgehead atoms. The highest BCUT2D eigenvalue weighted by molar-refractivity contribution is 7.07. The Morgan fingerprint density at radius 3 is 2.67 bits per heavy atom. The molecule has 0 aliphatic heterocycles. The third-order valence-electron chi connectivity index (χ3n) is 3.20. The standard InChI is InChI=1S/C14H15ClN2S/c15-14-4-1-11(7-16-14)8-17(13-2-3-13)9-12-5-6-18-10-12/h1,4-7,10,13H,2-3,8-9H2. The Balaban J connectivity index is 1.68. The van der Waals surface area contributed by atoms with E-state index in [9.17, 15) is 0 Å². The van der Waals surface area contributed by atoms with Gasteiger partial charge in [0.1, 0.15) is 5.15 Å². The van der Waals surface area contributed by atoms with E-state index in [4.69, 9.17) is 11.6 Å². The minimum absolute atomic E-state index is 0.564. The minimum atomic E-state index is 0.564. The fourth-order valence-electron chi connectivity index (χ4n) is 2.11. The lowest BCUT2D eigenvalue weighted by molar-refractivity contribution is 0.246. The quantitative estimate of drug-likeness (QED) is 0.770. The monoisotopic (exact) mass is 278 g/mol. The van der Waals surface area contributed by atoms with Gasteiger partial charge in [0.2, 0.25) is 0 Å². The van der Waals surface area contributed by atoms with E-state index in [0.29, 0.717) is 5.15 Å². The zero-order valence-corrected chi connectivity index (χ0v) is 11.6. The van der Waals surface area contributed by atoms with E-state index in [2.05, 4.69) is 32.8 Å². The maximum Gasteiger partial charge on any atom is 0.129 e. The Hall–Kier alpha value is -0.900. The summed E-state index contributed by atoms with van der Waals surface area (Å²) in [5.41, 5.74) is 2.65. The molecule has 1 aliphatic carbocycles. The van der Waals surface area contributed by atoms with E-state index < -0.39 is 0 Å². The second-order valence-corrected chi connectivity index (χ2v) is 5.92. The molecule has 1 saturated carbocycles. The molecule has 0 unspecified atom stereocenters. The molecule has 2 aromatic heterocycles. The van der Waals surface area contributed by atoms with Crippen molar-refractivity contribution < 1.29 is 0 Å². The van der Waals surface area contributed by atoms with Crippen molar-refractivity contribution in [2.24, 2.45) is 0 Å². The van der Waals surface area contributed by atoms with Gasteiger partial charge in [-0.1, -0.05) is 17.7 Å². The highest BCUT2D eigenvalue weighted by Crippen LogP contribution is 2.30. The van der Waals surface area contributed by atoms with Crippen molar-refractivity contribution >= 4 is 22.9 Å². The van der Waals surface area contributed by atoms with Crippen LogP contribution in [0.25, 0.3) is 0 Å². The van der Waals surface area contributed by atoms with Crippen LogP contribution in [0, 0.1) is 0 Å². The second kappa shape index (κ2) is 5.39. The molecule has 0 aromatic carbocycles. The molecule has 0 N–H and O–H groups in total. The van der Waals surface area contributed by atoms with Crippen molar-refractivity contribution in [1.82, 2.24) is 9.88 Å². The predicted octanol–water partition coefficient (Wildman–Crippen LogP) is 3.96. The normalized spacial score (nSPS) is 15.2. The Morgan fingerprint density at radius 1 is 1.22 bits per heavy atom. The van der Waals surface area contributed by atoms with Crippen molar-refractivity contribution in [1.29, 1.82) is 0 Å². The first-order valence-electron chi connectivity index (χ1n) is 6.17. The minimum Gasteiger partial charge on any atom is -0.292 e. The van der Waals surface area contributed by atoms with Crippen LogP contribution in [0.5, 0.6) is 0 Å². The predicted molar refractivity (Wildman–Crippen MR) is 75.8 cm³/mol. The number of pyridine rings is 1. The van der Waals surface area contributed by atoms with E-state index in [1.807, 2.05) is 12.3 Å². The lowest BCUT2D eigenvalue weighted by Crippen LogP contribution is -2.24. The van der Waals surface area contributed by atoms with Gasteiger partial charge >= 0.3 is 0 Å². The zero-order valence-electron chi connectivity index (χ0n) is 10.1. The van der Waals surface area contributed by atoms with Gasteiger partial charge in [0, 0.05) is 25.3 Å². The molecule has 94 valence electrons. The van der Waals surface area contributed by atoms with Crippen LogP contribution in [0.4, 0.5) is 0 Å². The van der Waals surface area contributed by atoms with Crippen molar-refractivity contribution in [2.45, 2.75) is 32.0 Å². The Kier molecular flexibility index (Phi) is 3.64. The van der Waals surface area contributed by atoms with Gasteiger partial charge in [0.15, 0.2) is 0 Å². The molecule has 2 aromatic rings. The molecule has 0 radical (unpaired) electrons. The van der Waals surface area contributed by atoms with E-state index in [-0.39, 0.29) is 0 Å². The molecule has 1 fully saturated rings. The molecule has 0 amide bonds. The summed E-state index contributed by atoms with van der Waals surface area (Å²) in [6.45, 7) is 2.00. The topological polar surface area (TPSA) is 16.1 Å². The molecule has 3 rings (SSSR count). The van der Waals surface area contributed by atoms with Crippen molar-refractivity contribution in [2.75, 3.05) is 0 Å². The van der Waals surface area contributed by atoms with Crippen LogP contribution in [-0.2, 0) is 13.1 Å². The van der Waals surface area contributed by atoms with Crippen LogP contribution in [-0.4, -0.2) is 15.9 Å². The molecule has 2 heterocycles. The highest BCUT2D eigenvalue weighted by Gasteiger charge is 2.28. The fourth-order valence-corrected chi connectivity index (χ4v) is 2.88. The molecule has 4 heteroatoms. The van der Waals surface area contributed by atoms with Crippen LogP contribution < -0.4 is 0 Å². The van der Waals surface area contributed by atoms with Gasteiger partial charge in [-0.15, -0.1) is 0 Å². The number of aromatic nitrogens is 1. The first kappa shape index (κ1) is 12.2. The van der Waals surface area contributed by atoms with Crippen LogP contribution in [0.2, 0.25) is 5.15 Å². The van der Waals surface area contributed by atoms with Crippen molar-refractivity contribution in [3.63, 3.8) is 0 Å². The smallest absolute Gasteiger partial charge is 0.129 e. The molecule has 2 nitrogen and oxygen atoms in total. The van der Waals surface area contributed by atoms with E-state index in [1.54, 1.807) is 11.3 Å².